The van der Waals surface area contributed by atoms with Gasteiger partial charge in [0.25, 0.3) is 0 Å². The Hall–Kier alpha value is -5.66. The molecule has 1 atom stereocenters. The Morgan fingerprint density at radius 1 is 0.803 bits per heavy atom. The number of nitrogens with one attached hydrogen (secondary N) is 3. The molecule has 15 nitrogen and oxygen atoms in total. The van der Waals surface area contributed by atoms with E-state index in [4.69, 9.17) is 9.47 Å². The standard InChI is InChI=1S/C48H57F3N10O5/c49-48(50,51)15-17-54-47-55-29-39-40(31-60(45(39)57-47)35-8-10-36(62)11-9-35)33-5-3-32(4-6-33)30-59-21-19-58(20-22-59)23-25-66-27-26-65-24-18-52-34-7-12-41-38(28-34)37-2-1-16-53-44(37)61(41)42-13-14-43(63)56-46(42)64/h1-7,12,16,28-29,31,35-36,42,52,62H,8-11,13-15,17-27,30H2,(H,54,55,57)(H,56,63,64)/t35-,36-,42-/m0/s1. The lowest BCUT2D eigenvalue weighted by Gasteiger charge is -2.34. The highest BCUT2D eigenvalue weighted by Crippen LogP contribution is 2.38. The fraction of sp³-hybridized carbons (Fsp3) is 0.479. The van der Waals surface area contributed by atoms with E-state index in [0.717, 1.165) is 96.2 Å². The molecule has 2 amide bonds. The van der Waals surface area contributed by atoms with Crippen LogP contribution in [-0.4, -0.2) is 135 Å². The summed E-state index contributed by atoms with van der Waals surface area (Å²) in [6.07, 6.45) is 3.68. The number of piperazine rings is 1. The van der Waals surface area contributed by atoms with Gasteiger partial charge in [-0.05, 0) is 73.6 Å². The van der Waals surface area contributed by atoms with Gasteiger partial charge in [0.15, 0.2) is 0 Å². The Bertz CT molecular complexity index is 2620. The Balaban J connectivity index is 0.687. The Kier molecular flexibility index (Phi) is 14.1. The van der Waals surface area contributed by atoms with Gasteiger partial charge in [-0.25, -0.2) is 9.97 Å². The van der Waals surface area contributed by atoms with Gasteiger partial charge in [0.1, 0.15) is 17.3 Å². The average molecular weight is 911 g/mol. The minimum Gasteiger partial charge on any atom is -0.393 e. The smallest absolute Gasteiger partial charge is 0.390 e. The van der Waals surface area contributed by atoms with Gasteiger partial charge >= 0.3 is 6.18 Å². The molecule has 66 heavy (non-hydrogen) atoms. The second-order valence-electron chi connectivity index (χ2n) is 17.5. The van der Waals surface area contributed by atoms with E-state index in [2.05, 4.69) is 81.8 Å². The van der Waals surface area contributed by atoms with Crippen LogP contribution >= 0.6 is 0 Å². The van der Waals surface area contributed by atoms with E-state index in [-0.39, 0.29) is 36.5 Å². The first-order valence-corrected chi connectivity index (χ1v) is 23.1. The second-order valence-corrected chi connectivity index (χ2v) is 17.5. The Morgan fingerprint density at radius 2 is 1.58 bits per heavy atom. The van der Waals surface area contributed by atoms with Crippen molar-refractivity contribution in [3.63, 3.8) is 0 Å². The third-order valence-corrected chi connectivity index (χ3v) is 13.0. The van der Waals surface area contributed by atoms with Crippen molar-refractivity contribution in [2.45, 2.75) is 75.9 Å². The van der Waals surface area contributed by atoms with Crippen LogP contribution in [0.2, 0.25) is 0 Å². The molecular formula is C48H57F3N10O5. The molecule has 3 aliphatic rings. The summed E-state index contributed by atoms with van der Waals surface area (Å²) in [6, 6.07) is 18.1. The highest BCUT2D eigenvalue weighted by atomic mass is 19.4. The number of fused-ring (bicyclic) bond motifs is 4. The van der Waals surface area contributed by atoms with Crippen LogP contribution in [0.3, 0.4) is 0 Å². The molecule has 4 N–H and O–H groups in total. The van der Waals surface area contributed by atoms with E-state index in [9.17, 15) is 27.9 Å². The molecule has 3 fully saturated rings. The molecule has 0 bridgehead atoms. The number of anilines is 2. The number of pyridine rings is 1. The molecule has 2 saturated heterocycles. The molecule has 1 aliphatic carbocycles. The van der Waals surface area contributed by atoms with Crippen molar-refractivity contribution in [3.8, 4) is 11.1 Å². The van der Waals surface area contributed by atoms with Crippen LogP contribution in [0.5, 0.6) is 0 Å². The van der Waals surface area contributed by atoms with Gasteiger partial charge in [-0.3, -0.25) is 24.7 Å². The zero-order chi connectivity index (χ0) is 45.6. The summed E-state index contributed by atoms with van der Waals surface area (Å²) < 4.78 is 54.2. The molecule has 18 heteroatoms. The maximum atomic E-state index is 12.8. The van der Waals surface area contributed by atoms with Crippen molar-refractivity contribution >= 4 is 56.4 Å². The zero-order valence-electron chi connectivity index (χ0n) is 36.9. The van der Waals surface area contributed by atoms with Gasteiger partial charge in [-0.15, -0.1) is 0 Å². The van der Waals surface area contributed by atoms with Crippen molar-refractivity contribution in [2.24, 2.45) is 0 Å². The summed E-state index contributed by atoms with van der Waals surface area (Å²) in [6.45, 7) is 8.09. The first kappa shape index (κ1) is 45.5. The van der Waals surface area contributed by atoms with Crippen LogP contribution in [0.15, 0.2) is 73.2 Å². The summed E-state index contributed by atoms with van der Waals surface area (Å²) in [4.78, 5) is 43.1. The Morgan fingerprint density at radius 3 is 2.35 bits per heavy atom. The summed E-state index contributed by atoms with van der Waals surface area (Å²) in [5.74, 6) is -0.369. The molecular weight excluding hydrogens is 854 g/mol. The molecule has 350 valence electrons. The van der Waals surface area contributed by atoms with Crippen molar-refractivity contribution in [1.29, 1.82) is 0 Å². The number of carbonyl (C=O) groups excluding carboxylic acids is 2. The van der Waals surface area contributed by atoms with Gasteiger partial charge in [-0.1, -0.05) is 24.3 Å². The highest BCUT2D eigenvalue weighted by molar-refractivity contribution is 6.09. The topological polar surface area (TPSA) is 164 Å². The molecule has 2 aromatic carbocycles. The van der Waals surface area contributed by atoms with Crippen LogP contribution in [0.25, 0.3) is 44.1 Å². The number of nitrogens with zero attached hydrogens (tertiary/aromatic N) is 7. The normalized spacial score (nSPS) is 20.1. The fourth-order valence-electron chi connectivity index (χ4n) is 9.51. The lowest BCUT2D eigenvalue weighted by Crippen LogP contribution is -2.46. The lowest BCUT2D eigenvalue weighted by atomic mass is 9.93. The van der Waals surface area contributed by atoms with Gasteiger partial charge in [-0.2, -0.15) is 18.2 Å². The quantitative estimate of drug-likeness (QED) is 0.0535. The number of halogens is 3. The van der Waals surface area contributed by atoms with E-state index in [1.165, 1.54) is 5.56 Å². The van der Waals surface area contributed by atoms with Crippen molar-refractivity contribution < 1.29 is 37.3 Å². The molecule has 4 aromatic heterocycles. The van der Waals surface area contributed by atoms with E-state index in [1.54, 1.807) is 12.4 Å². The van der Waals surface area contributed by atoms with E-state index in [1.807, 2.05) is 28.8 Å². The van der Waals surface area contributed by atoms with Crippen LogP contribution < -0.4 is 16.0 Å². The monoisotopic (exact) mass is 910 g/mol. The van der Waals surface area contributed by atoms with Gasteiger partial charge in [0.05, 0.1) is 44.5 Å². The number of imide groups is 1. The maximum absolute atomic E-state index is 12.8. The molecule has 6 aromatic rings. The molecule has 2 aliphatic heterocycles. The van der Waals surface area contributed by atoms with Crippen LogP contribution in [0.4, 0.5) is 24.8 Å². The lowest BCUT2D eigenvalue weighted by molar-refractivity contribution is -0.135. The SMILES string of the molecule is O=C1CC[C@H](n2c3ccc(NCCOCCOCCN4CCN(Cc5ccc(-c6cn([C@H]7CC[C@H](O)CC7)c7nc(NCCC(F)(F)F)ncc67)cc5)CC4)cc3c3cccnc32)C(=O)N1. The average Bonchev–Trinajstić information content (AvgIpc) is 3.85. The van der Waals surface area contributed by atoms with Crippen molar-refractivity contribution in [1.82, 2.24) is 39.2 Å². The zero-order valence-corrected chi connectivity index (χ0v) is 36.9. The molecule has 0 spiro atoms. The Labute approximate surface area is 380 Å². The third kappa shape index (κ3) is 10.8. The van der Waals surface area contributed by atoms with Gasteiger partial charge < -0.3 is 34.3 Å². The number of benzene rings is 2. The minimum atomic E-state index is -4.26. The van der Waals surface area contributed by atoms with E-state index >= 15 is 0 Å². The van der Waals surface area contributed by atoms with Crippen molar-refractivity contribution in [3.05, 3.63) is 78.8 Å². The number of aromatic nitrogens is 5. The molecule has 9 rings (SSSR count). The van der Waals surface area contributed by atoms with Crippen LogP contribution in [0.1, 0.15) is 62.6 Å². The number of amides is 2. The highest BCUT2D eigenvalue weighted by Gasteiger charge is 2.31. The molecule has 1 saturated carbocycles. The van der Waals surface area contributed by atoms with Gasteiger partial charge in [0, 0.05) is 111 Å². The number of aliphatic hydroxyl groups excluding tert-OH is 1. The number of carbonyl (C=O) groups is 2. The molecule has 0 unspecified atom stereocenters. The fourth-order valence-corrected chi connectivity index (χ4v) is 9.51. The summed E-state index contributed by atoms with van der Waals surface area (Å²) in [5, 5.41) is 21.6. The number of aliphatic hydroxyl groups is 1. The number of ether oxygens (including phenoxy) is 2. The second kappa shape index (κ2) is 20.5. The number of rotatable bonds is 18. The molecule has 0 radical (unpaired) electrons. The first-order valence-electron chi connectivity index (χ1n) is 23.1. The van der Waals surface area contributed by atoms with Gasteiger partial charge in [0.2, 0.25) is 17.8 Å². The van der Waals surface area contributed by atoms with E-state index in [0.29, 0.717) is 64.3 Å². The first-order chi connectivity index (χ1) is 32.1. The number of alkyl halides is 3. The minimum absolute atomic E-state index is 0.132. The third-order valence-electron chi connectivity index (χ3n) is 13.0. The number of hydrogen-bond acceptors (Lipinski definition) is 12. The summed E-state index contributed by atoms with van der Waals surface area (Å²) >= 11 is 0. The predicted octanol–water partition coefficient (Wildman–Crippen LogP) is 6.68. The predicted molar refractivity (Wildman–Crippen MR) is 246 cm³/mol. The summed E-state index contributed by atoms with van der Waals surface area (Å²) in [7, 11) is 0. The summed E-state index contributed by atoms with van der Waals surface area (Å²) in [5.41, 5.74) is 6.47. The van der Waals surface area contributed by atoms with E-state index < -0.39 is 18.6 Å². The van der Waals surface area contributed by atoms with Crippen LogP contribution in [0, 0.1) is 0 Å². The van der Waals surface area contributed by atoms with Crippen molar-refractivity contribution in [2.75, 3.05) is 82.9 Å². The molecule has 6 heterocycles. The van der Waals surface area contributed by atoms with Crippen LogP contribution in [-0.2, 0) is 25.6 Å². The largest absolute Gasteiger partial charge is 0.393 e. The maximum Gasteiger partial charge on any atom is 0.390 e. The number of piperidine rings is 1. The number of hydrogen-bond donors (Lipinski definition) is 4.